The minimum Gasteiger partial charge on any atom is -0.313 e. The van der Waals surface area contributed by atoms with Gasteiger partial charge in [-0.25, -0.2) is 13.1 Å². The molecule has 2 aliphatic rings. The zero-order valence-corrected chi connectivity index (χ0v) is 12.7. The first-order chi connectivity index (χ1) is 9.09. The predicted molar refractivity (Wildman–Crippen MR) is 77.7 cm³/mol. The van der Waals surface area contributed by atoms with Crippen molar-refractivity contribution in [2.24, 2.45) is 5.92 Å². The molecular formula is C13H27N3O2S. The maximum absolute atomic E-state index is 11.8. The Hall–Kier alpha value is -0.170. The van der Waals surface area contributed by atoms with E-state index in [0.717, 1.165) is 32.5 Å². The molecule has 2 N–H and O–H groups in total. The second-order valence-electron chi connectivity index (χ2n) is 5.77. The van der Waals surface area contributed by atoms with Crippen LogP contribution in [0.1, 0.15) is 32.6 Å². The number of hydrogen-bond donors (Lipinski definition) is 2. The first kappa shape index (κ1) is 15.2. The van der Waals surface area contributed by atoms with Gasteiger partial charge >= 0.3 is 0 Å². The average Bonchev–Trinajstić information content (AvgIpc) is 3.21. The van der Waals surface area contributed by atoms with Crippen molar-refractivity contribution in [2.75, 3.05) is 38.5 Å². The van der Waals surface area contributed by atoms with E-state index in [1.807, 2.05) is 0 Å². The van der Waals surface area contributed by atoms with Crippen LogP contribution in [0.5, 0.6) is 0 Å². The van der Waals surface area contributed by atoms with E-state index in [1.165, 1.54) is 12.8 Å². The fourth-order valence-corrected chi connectivity index (χ4v) is 3.53. The van der Waals surface area contributed by atoms with Gasteiger partial charge in [0.05, 0.1) is 5.75 Å². The van der Waals surface area contributed by atoms with Gasteiger partial charge in [0.15, 0.2) is 0 Å². The number of nitrogens with one attached hydrogen (secondary N) is 2. The van der Waals surface area contributed by atoms with Gasteiger partial charge in [-0.05, 0) is 51.2 Å². The topological polar surface area (TPSA) is 61.4 Å². The predicted octanol–water partition coefficient (Wildman–Crippen LogP) is 0.390. The molecule has 1 saturated heterocycles. The van der Waals surface area contributed by atoms with Crippen molar-refractivity contribution in [3.8, 4) is 0 Å². The van der Waals surface area contributed by atoms with Gasteiger partial charge in [0.1, 0.15) is 0 Å². The number of nitrogens with zero attached hydrogens (tertiary/aromatic N) is 1. The quantitative estimate of drug-likeness (QED) is 0.678. The minimum atomic E-state index is -3.09. The molecule has 2 rings (SSSR count). The number of likely N-dealkylation sites (tertiary alicyclic amines) is 1. The van der Waals surface area contributed by atoms with E-state index >= 15 is 0 Å². The standard InChI is InChI=1S/C13H27N3O2S/c1-2-16-8-5-12(6-9-16)11-15-19(17,18)10-7-14-13-3-4-13/h12-15H,2-11H2,1H3. The van der Waals surface area contributed by atoms with Crippen LogP contribution in [0.4, 0.5) is 0 Å². The SMILES string of the molecule is CCN1CCC(CNS(=O)(=O)CCNC2CC2)CC1. The largest absolute Gasteiger partial charge is 0.313 e. The second kappa shape index (κ2) is 7.02. The summed E-state index contributed by atoms with van der Waals surface area (Å²) in [5, 5.41) is 3.24. The molecule has 0 atom stereocenters. The van der Waals surface area contributed by atoms with Crippen LogP contribution in [-0.2, 0) is 10.0 Å². The third-order valence-electron chi connectivity index (χ3n) is 4.13. The van der Waals surface area contributed by atoms with Crippen molar-refractivity contribution in [3.63, 3.8) is 0 Å². The van der Waals surface area contributed by atoms with Crippen LogP contribution in [0.2, 0.25) is 0 Å². The Labute approximate surface area is 117 Å². The van der Waals surface area contributed by atoms with Crippen molar-refractivity contribution >= 4 is 10.0 Å². The molecule has 0 bridgehead atoms. The Morgan fingerprint density at radius 3 is 2.42 bits per heavy atom. The first-order valence-corrected chi connectivity index (χ1v) is 9.17. The highest BCUT2D eigenvalue weighted by molar-refractivity contribution is 7.89. The lowest BCUT2D eigenvalue weighted by atomic mass is 9.97. The van der Waals surface area contributed by atoms with Gasteiger partial charge in [0.2, 0.25) is 10.0 Å². The Kier molecular flexibility index (Phi) is 5.62. The fourth-order valence-electron chi connectivity index (χ4n) is 2.51. The van der Waals surface area contributed by atoms with Gasteiger partial charge in [0.25, 0.3) is 0 Å². The highest BCUT2D eigenvalue weighted by atomic mass is 32.2. The lowest BCUT2D eigenvalue weighted by Gasteiger charge is -2.30. The van der Waals surface area contributed by atoms with E-state index in [1.54, 1.807) is 0 Å². The number of sulfonamides is 1. The smallest absolute Gasteiger partial charge is 0.212 e. The van der Waals surface area contributed by atoms with Crippen molar-refractivity contribution in [1.29, 1.82) is 0 Å². The van der Waals surface area contributed by atoms with Gasteiger partial charge in [-0.2, -0.15) is 0 Å². The zero-order valence-electron chi connectivity index (χ0n) is 11.9. The van der Waals surface area contributed by atoms with E-state index in [-0.39, 0.29) is 5.75 Å². The summed E-state index contributed by atoms with van der Waals surface area (Å²) >= 11 is 0. The number of rotatable bonds is 8. The van der Waals surface area contributed by atoms with E-state index < -0.39 is 10.0 Å². The summed E-state index contributed by atoms with van der Waals surface area (Å²) in [6.45, 7) is 6.68. The molecule has 112 valence electrons. The van der Waals surface area contributed by atoms with Crippen LogP contribution in [-0.4, -0.2) is 57.8 Å². The highest BCUT2D eigenvalue weighted by Crippen LogP contribution is 2.18. The third-order valence-corrected chi connectivity index (χ3v) is 5.48. The molecule has 1 aliphatic heterocycles. The summed E-state index contributed by atoms with van der Waals surface area (Å²) in [5.41, 5.74) is 0. The Morgan fingerprint density at radius 1 is 1.16 bits per heavy atom. The van der Waals surface area contributed by atoms with E-state index in [0.29, 0.717) is 25.0 Å². The molecule has 0 radical (unpaired) electrons. The highest BCUT2D eigenvalue weighted by Gasteiger charge is 2.22. The van der Waals surface area contributed by atoms with E-state index in [2.05, 4.69) is 21.9 Å². The van der Waals surface area contributed by atoms with E-state index in [4.69, 9.17) is 0 Å². The van der Waals surface area contributed by atoms with Crippen LogP contribution in [0.3, 0.4) is 0 Å². The first-order valence-electron chi connectivity index (χ1n) is 7.52. The molecule has 0 unspecified atom stereocenters. The Morgan fingerprint density at radius 2 is 1.84 bits per heavy atom. The van der Waals surface area contributed by atoms with E-state index in [9.17, 15) is 8.42 Å². The molecule has 1 aliphatic carbocycles. The maximum atomic E-state index is 11.8. The molecular weight excluding hydrogens is 262 g/mol. The molecule has 1 saturated carbocycles. The average molecular weight is 289 g/mol. The summed E-state index contributed by atoms with van der Waals surface area (Å²) < 4.78 is 26.4. The van der Waals surface area contributed by atoms with Crippen molar-refractivity contribution in [1.82, 2.24) is 14.9 Å². The second-order valence-corrected chi connectivity index (χ2v) is 7.70. The van der Waals surface area contributed by atoms with Crippen LogP contribution in [0.15, 0.2) is 0 Å². The summed E-state index contributed by atoms with van der Waals surface area (Å²) in [7, 11) is -3.09. The normalized spacial score (nSPS) is 22.8. The Balaban J connectivity index is 1.60. The van der Waals surface area contributed by atoms with Crippen molar-refractivity contribution < 1.29 is 8.42 Å². The van der Waals surface area contributed by atoms with Crippen LogP contribution < -0.4 is 10.0 Å². The molecule has 2 fully saturated rings. The van der Waals surface area contributed by atoms with Gasteiger partial charge < -0.3 is 10.2 Å². The molecule has 5 nitrogen and oxygen atoms in total. The minimum absolute atomic E-state index is 0.206. The molecule has 0 aromatic heterocycles. The molecule has 0 aromatic carbocycles. The lowest BCUT2D eigenvalue weighted by molar-refractivity contribution is 0.194. The summed E-state index contributed by atoms with van der Waals surface area (Å²) in [5.74, 6) is 0.714. The monoisotopic (exact) mass is 289 g/mol. The molecule has 19 heavy (non-hydrogen) atoms. The molecule has 6 heteroatoms. The van der Waals surface area contributed by atoms with Crippen molar-refractivity contribution in [2.45, 2.75) is 38.6 Å². The lowest BCUT2D eigenvalue weighted by Crippen LogP contribution is -2.40. The van der Waals surface area contributed by atoms with Crippen molar-refractivity contribution in [3.05, 3.63) is 0 Å². The number of piperidine rings is 1. The van der Waals surface area contributed by atoms with Gasteiger partial charge in [-0.15, -0.1) is 0 Å². The molecule has 0 spiro atoms. The zero-order chi connectivity index (χ0) is 13.7. The molecule has 0 aromatic rings. The number of hydrogen-bond acceptors (Lipinski definition) is 4. The Bertz CT molecular complexity index is 360. The van der Waals surface area contributed by atoms with Gasteiger partial charge in [0, 0.05) is 19.1 Å². The summed E-state index contributed by atoms with van der Waals surface area (Å²) in [6.07, 6.45) is 4.61. The van der Waals surface area contributed by atoms with Gasteiger partial charge in [-0.3, -0.25) is 0 Å². The molecule has 0 amide bonds. The van der Waals surface area contributed by atoms with Crippen LogP contribution in [0, 0.1) is 5.92 Å². The van der Waals surface area contributed by atoms with Gasteiger partial charge in [-0.1, -0.05) is 6.92 Å². The summed E-state index contributed by atoms with van der Waals surface area (Å²) in [4.78, 5) is 2.42. The fraction of sp³-hybridized carbons (Fsp3) is 1.00. The molecule has 1 heterocycles. The summed E-state index contributed by atoms with van der Waals surface area (Å²) in [6, 6.07) is 0.577. The maximum Gasteiger partial charge on any atom is 0.212 e. The third kappa shape index (κ3) is 5.77. The van der Waals surface area contributed by atoms with Crippen LogP contribution >= 0.6 is 0 Å². The van der Waals surface area contributed by atoms with Crippen LogP contribution in [0.25, 0.3) is 0 Å².